The molecule has 2 amide bonds. The molecule has 1 atom stereocenters. The van der Waals surface area contributed by atoms with Crippen molar-refractivity contribution in [1.82, 2.24) is 10.6 Å². The lowest BCUT2D eigenvalue weighted by Gasteiger charge is -2.20. The molecule has 0 bridgehead atoms. The van der Waals surface area contributed by atoms with E-state index >= 15 is 0 Å². The molecule has 2 N–H and O–H groups in total. The SMILES string of the molecule is COP(=O)(CNC(=O)[C@H](Cc1ccccc1)NC(=O)OCc1ccccc1)OC. The summed E-state index contributed by atoms with van der Waals surface area (Å²) in [6.07, 6.45) is -0.811. The third-order valence-corrected chi connectivity index (χ3v) is 5.77. The molecule has 0 unspecified atom stereocenters. The highest BCUT2D eigenvalue weighted by atomic mass is 31.2. The summed E-state index contributed by atoms with van der Waals surface area (Å²) in [7, 11) is -0.954. The third-order valence-electron chi connectivity index (χ3n) is 4.11. The van der Waals surface area contributed by atoms with Crippen LogP contribution in [0.2, 0.25) is 0 Å². The maximum Gasteiger partial charge on any atom is 0.408 e. The van der Waals surface area contributed by atoms with Crippen LogP contribution in [0.4, 0.5) is 4.79 Å². The Morgan fingerprint density at radius 2 is 1.48 bits per heavy atom. The summed E-state index contributed by atoms with van der Waals surface area (Å²) in [5, 5.41) is 5.07. The van der Waals surface area contributed by atoms with Gasteiger partial charge in [0.05, 0.1) is 0 Å². The Bertz CT molecular complexity index is 823. The van der Waals surface area contributed by atoms with Gasteiger partial charge in [0, 0.05) is 20.6 Å². The van der Waals surface area contributed by atoms with E-state index < -0.39 is 25.6 Å². The van der Waals surface area contributed by atoms with E-state index in [0.29, 0.717) is 0 Å². The number of alkyl carbamates (subject to hydrolysis) is 1. The maximum absolute atomic E-state index is 12.6. The first-order chi connectivity index (χ1) is 14.0. The zero-order valence-corrected chi connectivity index (χ0v) is 17.3. The molecule has 0 spiro atoms. The minimum absolute atomic E-state index is 0.0783. The van der Waals surface area contributed by atoms with Crippen LogP contribution in [-0.4, -0.2) is 38.5 Å². The molecule has 2 aromatic carbocycles. The molecule has 0 aliphatic heterocycles. The van der Waals surface area contributed by atoms with E-state index in [2.05, 4.69) is 10.6 Å². The number of ether oxygens (including phenoxy) is 1. The molecular weight excluding hydrogens is 395 g/mol. The van der Waals surface area contributed by atoms with E-state index in [1.54, 1.807) is 0 Å². The van der Waals surface area contributed by atoms with Gasteiger partial charge in [-0.2, -0.15) is 0 Å². The number of rotatable bonds is 10. The summed E-state index contributed by atoms with van der Waals surface area (Å²) < 4.78 is 27.0. The number of amides is 2. The van der Waals surface area contributed by atoms with Crippen molar-refractivity contribution < 1.29 is 27.9 Å². The zero-order valence-electron chi connectivity index (χ0n) is 16.4. The van der Waals surface area contributed by atoms with Gasteiger partial charge in [0.25, 0.3) is 0 Å². The largest absolute Gasteiger partial charge is 0.445 e. The molecule has 0 aliphatic rings. The Hall–Kier alpha value is -2.67. The molecule has 0 aliphatic carbocycles. The minimum atomic E-state index is -3.42. The fraction of sp³-hybridized carbons (Fsp3) is 0.300. The smallest absolute Gasteiger partial charge is 0.408 e. The standard InChI is InChI=1S/C20H25N2O6P/c1-26-29(25,27-2)15-21-19(23)18(13-16-9-5-3-6-10-16)22-20(24)28-14-17-11-7-4-8-12-17/h3-12,18H,13-15H2,1-2H3,(H,21,23)(H,22,24)/t18-/m0/s1. The Balaban J connectivity index is 2.00. The van der Waals surface area contributed by atoms with Crippen LogP contribution in [0.5, 0.6) is 0 Å². The van der Waals surface area contributed by atoms with Crippen molar-refractivity contribution in [2.24, 2.45) is 0 Å². The van der Waals surface area contributed by atoms with Crippen LogP contribution in [0, 0.1) is 0 Å². The van der Waals surface area contributed by atoms with Gasteiger partial charge >= 0.3 is 13.7 Å². The van der Waals surface area contributed by atoms with Crippen molar-refractivity contribution >= 4 is 19.6 Å². The van der Waals surface area contributed by atoms with E-state index in [-0.39, 0.29) is 19.3 Å². The lowest BCUT2D eigenvalue weighted by molar-refractivity contribution is -0.122. The molecule has 0 heterocycles. The molecule has 2 rings (SSSR count). The Labute approximate surface area is 170 Å². The first kappa shape index (κ1) is 22.6. The van der Waals surface area contributed by atoms with Gasteiger partial charge in [-0.25, -0.2) is 4.79 Å². The Kier molecular flexibility index (Phi) is 8.86. The van der Waals surface area contributed by atoms with Crippen molar-refractivity contribution in [3.8, 4) is 0 Å². The highest BCUT2D eigenvalue weighted by Crippen LogP contribution is 2.44. The highest BCUT2D eigenvalue weighted by molar-refractivity contribution is 7.53. The number of hydrogen-bond donors (Lipinski definition) is 2. The third kappa shape index (κ3) is 7.69. The molecule has 156 valence electrons. The molecule has 8 nitrogen and oxygen atoms in total. The molecule has 0 saturated heterocycles. The number of hydrogen-bond acceptors (Lipinski definition) is 6. The van der Waals surface area contributed by atoms with E-state index in [1.807, 2.05) is 60.7 Å². The van der Waals surface area contributed by atoms with Gasteiger partial charge in [-0.15, -0.1) is 0 Å². The molecular formula is C20H25N2O6P. The first-order valence-corrected chi connectivity index (χ1v) is 10.7. The normalized spacial score (nSPS) is 12.1. The van der Waals surface area contributed by atoms with Gasteiger partial charge in [0.1, 0.15) is 18.9 Å². The molecule has 29 heavy (non-hydrogen) atoms. The van der Waals surface area contributed by atoms with Crippen LogP contribution in [0.15, 0.2) is 60.7 Å². The average Bonchev–Trinajstić information content (AvgIpc) is 2.77. The highest BCUT2D eigenvalue weighted by Gasteiger charge is 2.26. The van der Waals surface area contributed by atoms with E-state index in [4.69, 9.17) is 13.8 Å². The first-order valence-electron chi connectivity index (χ1n) is 8.95. The molecule has 0 aromatic heterocycles. The fourth-order valence-corrected chi connectivity index (χ4v) is 3.22. The predicted molar refractivity (Wildman–Crippen MR) is 108 cm³/mol. The van der Waals surface area contributed by atoms with Gasteiger partial charge in [-0.1, -0.05) is 60.7 Å². The summed E-state index contributed by atoms with van der Waals surface area (Å²) in [5.74, 6) is -0.528. The van der Waals surface area contributed by atoms with Gasteiger partial charge in [-0.3, -0.25) is 9.36 Å². The predicted octanol–water partition coefficient (Wildman–Crippen LogP) is 3.08. The molecule has 0 radical (unpaired) electrons. The van der Waals surface area contributed by atoms with Crippen molar-refractivity contribution in [2.75, 3.05) is 20.5 Å². The van der Waals surface area contributed by atoms with E-state index in [0.717, 1.165) is 11.1 Å². The zero-order chi connectivity index (χ0) is 21.1. The minimum Gasteiger partial charge on any atom is -0.445 e. The lowest BCUT2D eigenvalue weighted by Crippen LogP contribution is -2.48. The summed E-state index contributed by atoms with van der Waals surface area (Å²) >= 11 is 0. The lowest BCUT2D eigenvalue weighted by atomic mass is 10.1. The monoisotopic (exact) mass is 420 g/mol. The average molecular weight is 420 g/mol. The van der Waals surface area contributed by atoms with Gasteiger partial charge in [-0.05, 0) is 11.1 Å². The Morgan fingerprint density at radius 1 is 0.931 bits per heavy atom. The van der Waals surface area contributed by atoms with Crippen LogP contribution >= 0.6 is 7.60 Å². The maximum atomic E-state index is 12.6. The quantitative estimate of drug-likeness (QED) is 0.573. The summed E-state index contributed by atoms with van der Waals surface area (Å²) in [4.78, 5) is 24.8. The molecule has 0 fully saturated rings. The summed E-state index contributed by atoms with van der Waals surface area (Å²) in [6.45, 7) is 0.0783. The van der Waals surface area contributed by atoms with Crippen LogP contribution in [0.25, 0.3) is 0 Å². The van der Waals surface area contributed by atoms with Crippen LogP contribution in [0.1, 0.15) is 11.1 Å². The molecule has 9 heteroatoms. The topological polar surface area (TPSA) is 103 Å². The van der Waals surface area contributed by atoms with Gasteiger partial charge in [0.15, 0.2) is 0 Å². The number of nitrogens with one attached hydrogen (secondary N) is 2. The van der Waals surface area contributed by atoms with Crippen LogP contribution < -0.4 is 10.6 Å². The van der Waals surface area contributed by atoms with Crippen molar-refractivity contribution in [3.63, 3.8) is 0 Å². The fourth-order valence-electron chi connectivity index (χ4n) is 2.47. The van der Waals surface area contributed by atoms with Crippen molar-refractivity contribution in [1.29, 1.82) is 0 Å². The summed E-state index contributed by atoms with van der Waals surface area (Å²) in [5.41, 5.74) is 1.67. The Morgan fingerprint density at radius 3 is 2.03 bits per heavy atom. The number of benzene rings is 2. The van der Waals surface area contributed by atoms with Gasteiger partial charge in [0.2, 0.25) is 5.91 Å². The van der Waals surface area contributed by atoms with Gasteiger partial charge < -0.3 is 24.4 Å². The van der Waals surface area contributed by atoms with Crippen molar-refractivity contribution in [3.05, 3.63) is 71.8 Å². The summed E-state index contributed by atoms with van der Waals surface area (Å²) in [6, 6.07) is 17.5. The second-order valence-corrected chi connectivity index (χ2v) is 8.39. The van der Waals surface area contributed by atoms with Crippen molar-refractivity contribution in [2.45, 2.75) is 19.1 Å². The number of carbonyl (C=O) groups excluding carboxylic acids is 2. The van der Waals surface area contributed by atoms with Crippen LogP contribution in [0.3, 0.4) is 0 Å². The van der Waals surface area contributed by atoms with Crippen LogP contribution in [-0.2, 0) is 36.2 Å². The second-order valence-electron chi connectivity index (χ2n) is 6.12. The number of carbonyl (C=O) groups is 2. The molecule has 2 aromatic rings. The van der Waals surface area contributed by atoms with E-state index in [1.165, 1.54) is 14.2 Å². The van der Waals surface area contributed by atoms with E-state index in [9.17, 15) is 14.2 Å². The second kappa shape index (κ2) is 11.4. The molecule has 0 saturated carbocycles.